The molecule has 0 spiro atoms. The molecule has 0 saturated carbocycles. The highest BCUT2D eigenvalue weighted by Crippen LogP contribution is 2.10. The van der Waals surface area contributed by atoms with E-state index in [4.69, 9.17) is 4.11 Å². The first-order valence-electron chi connectivity index (χ1n) is 6.82. The predicted octanol–water partition coefficient (Wildman–Crippen LogP) is 2.67. The van der Waals surface area contributed by atoms with Gasteiger partial charge in [0, 0.05) is 10.2 Å². The molecule has 0 saturated heterocycles. The third kappa shape index (κ3) is 4.45. The Kier molecular flexibility index (Phi) is 3.28. The zero-order valence-electron chi connectivity index (χ0n) is 13.0. The topological polar surface area (TPSA) is 29.1 Å². The van der Waals surface area contributed by atoms with Gasteiger partial charge in [0.1, 0.15) is 0 Å². The van der Waals surface area contributed by atoms with Gasteiger partial charge < -0.3 is 0 Å². The van der Waals surface area contributed by atoms with Crippen molar-refractivity contribution in [1.29, 1.82) is 0 Å². The lowest BCUT2D eigenvalue weighted by Gasteiger charge is -2.21. The molecular weight excluding hydrogens is 218 g/mol. The fourth-order valence-electron chi connectivity index (χ4n) is 1.20. The van der Waals surface area contributed by atoms with Gasteiger partial charge in [-0.05, 0) is 39.6 Å². The molecule has 0 radical (unpaired) electrons. The van der Waals surface area contributed by atoms with Gasteiger partial charge in [0.2, 0.25) is 0 Å². The highest BCUT2D eigenvalue weighted by Gasteiger charge is 2.20. The Labute approximate surface area is 105 Å². The summed E-state index contributed by atoms with van der Waals surface area (Å²) >= 11 is 0. The second-order valence-electron chi connectivity index (χ2n) is 4.74. The first-order valence-corrected chi connectivity index (χ1v) is 6.47. The second kappa shape index (κ2) is 5.60. The first-order chi connectivity index (χ1) is 8.60. The quantitative estimate of drug-likeness (QED) is 0.864. The molecular formula is C13H21NOS. The number of rotatable bonds is 4. The summed E-state index contributed by atoms with van der Waals surface area (Å²) in [5, 5.41) is 0. The SMILES string of the molecule is [2H]C([2H])([2H])[C@@H](Cc1ccccc1)N[S@@](=O)C(C)(C)C. The van der Waals surface area contributed by atoms with Gasteiger partial charge in [0.05, 0.1) is 15.7 Å². The third-order valence-electron chi connectivity index (χ3n) is 2.09. The van der Waals surface area contributed by atoms with Crippen molar-refractivity contribution in [2.75, 3.05) is 0 Å². The third-order valence-corrected chi connectivity index (χ3v) is 3.70. The summed E-state index contributed by atoms with van der Waals surface area (Å²) in [6.45, 7) is 3.26. The van der Waals surface area contributed by atoms with Gasteiger partial charge >= 0.3 is 0 Å². The standard InChI is InChI=1S/C13H21NOS/c1-11(14-16(15)13(2,3)4)10-12-8-6-5-7-9-12/h5-9,11,14H,10H2,1-4H3/t11-,16-/m0/s1/i1D3. The highest BCUT2D eigenvalue weighted by molar-refractivity contribution is 7.84. The average Bonchev–Trinajstić information content (AvgIpc) is 2.27. The molecule has 2 atom stereocenters. The molecule has 1 aromatic rings. The van der Waals surface area contributed by atoms with E-state index in [1.165, 1.54) is 0 Å². The second-order valence-corrected chi connectivity index (χ2v) is 6.74. The van der Waals surface area contributed by atoms with Gasteiger partial charge in [-0.25, -0.2) is 8.93 Å². The Bertz CT molecular complexity index is 426. The molecule has 1 N–H and O–H groups in total. The monoisotopic (exact) mass is 242 g/mol. The van der Waals surface area contributed by atoms with E-state index in [0.717, 1.165) is 5.56 Å². The largest absolute Gasteiger partial charge is 0.242 e. The summed E-state index contributed by atoms with van der Waals surface area (Å²) in [7, 11) is -1.40. The number of hydrogen-bond acceptors (Lipinski definition) is 1. The van der Waals surface area contributed by atoms with Crippen LogP contribution in [0.3, 0.4) is 0 Å². The van der Waals surface area contributed by atoms with Crippen molar-refractivity contribution in [3.8, 4) is 0 Å². The Hall–Kier alpha value is -0.670. The van der Waals surface area contributed by atoms with Crippen molar-refractivity contribution < 1.29 is 8.32 Å². The summed E-state index contributed by atoms with van der Waals surface area (Å²) in [6, 6.07) is 8.56. The fourth-order valence-corrected chi connectivity index (χ4v) is 1.89. The van der Waals surface area contributed by atoms with E-state index in [1.54, 1.807) is 0 Å². The first kappa shape index (κ1) is 9.37. The van der Waals surface area contributed by atoms with Crippen LogP contribution in [0.4, 0.5) is 0 Å². The summed E-state index contributed by atoms with van der Waals surface area (Å²) in [5.41, 5.74) is 0.919. The number of hydrogen-bond donors (Lipinski definition) is 1. The molecule has 0 heterocycles. The van der Waals surface area contributed by atoms with E-state index in [-0.39, 0.29) is 0 Å². The Morgan fingerprint density at radius 2 is 2.00 bits per heavy atom. The molecule has 0 amide bonds. The normalized spacial score (nSPS) is 19.3. The molecule has 0 aliphatic rings. The van der Waals surface area contributed by atoms with E-state index in [0.29, 0.717) is 6.42 Å². The molecule has 0 bridgehead atoms. The van der Waals surface area contributed by atoms with Gasteiger partial charge in [-0.1, -0.05) is 30.3 Å². The minimum absolute atomic E-state index is 0.332. The maximum absolute atomic E-state index is 12.1. The molecule has 0 unspecified atom stereocenters. The maximum atomic E-state index is 12.1. The Morgan fingerprint density at radius 3 is 2.50 bits per heavy atom. The van der Waals surface area contributed by atoms with E-state index in [2.05, 4.69) is 4.72 Å². The van der Waals surface area contributed by atoms with Crippen LogP contribution >= 0.6 is 0 Å². The van der Waals surface area contributed by atoms with E-state index in [1.807, 2.05) is 51.1 Å². The minimum Gasteiger partial charge on any atom is -0.242 e. The van der Waals surface area contributed by atoms with Crippen molar-refractivity contribution in [2.24, 2.45) is 0 Å². The summed E-state index contributed by atoms with van der Waals surface area (Å²) < 4.78 is 37.0. The molecule has 0 aliphatic heterocycles. The van der Waals surface area contributed by atoms with Gasteiger partial charge in [0.25, 0.3) is 0 Å². The van der Waals surface area contributed by atoms with Crippen molar-refractivity contribution >= 4 is 11.0 Å². The predicted molar refractivity (Wildman–Crippen MR) is 70.6 cm³/mol. The average molecular weight is 242 g/mol. The van der Waals surface area contributed by atoms with Crippen LogP contribution in [-0.2, 0) is 17.4 Å². The highest BCUT2D eigenvalue weighted by atomic mass is 32.2. The summed E-state index contributed by atoms with van der Waals surface area (Å²) in [6.07, 6.45) is 0.332. The van der Waals surface area contributed by atoms with Crippen LogP contribution in [0.15, 0.2) is 30.3 Å². The van der Waals surface area contributed by atoms with Gasteiger partial charge in [-0.2, -0.15) is 0 Å². The molecule has 0 fully saturated rings. The van der Waals surface area contributed by atoms with Crippen molar-refractivity contribution in [3.63, 3.8) is 0 Å². The molecule has 90 valence electrons. The van der Waals surface area contributed by atoms with Crippen LogP contribution in [0, 0.1) is 0 Å². The Morgan fingerprint density at radius 1 is 1.38 bits per heavy atom. The lowest BCUT2D eigenvalue weighted by atomic mass is 10.1. The van der Waals surface area contributed by atoms with Crippen LogP contribution in [0.2, 0.25) is 0 Å². The van der Waals surface area contributed by atoms with E-state index in [9.17, 15) is 4.21 Å². The van der Waals surface area contributed by atoms with Gasteiger partial charge in [-0.15, -0.1) is 0 Å². The minimum atomic E-state index is -2.18. The van der Waals surface area contributed by atoms with Crippen molar-refractivity contribution in [1.82, 2.24) is 4.72 Å². The molecule has 1 aromatic carbocycles. The van der Waals surface area contributed by atoms with Crippen LogP contribution in [0.25, 0.3) is 0 Å². The smallest absolute Gasteiger partial charge is 0.0972 e. The van der Waals surface area contributed by atoms with Crippen LogP contribution in [0.1, 0.15) is 37.3 Å². The van der Waals surface area contributed by atoms with E-state index < -0.39 is 28.6 Å². The van der Waals surface area contributed by atoms with Crippen LogP contribution < -0.4 is 4.72 Å². The van der Waals surface area contributed by atoms with Gasteiger partial charge in [-0.3, -0.25) is 0 Å². The van der Waals surface area contributed by atoms with E-state index >= 15 is 0 Å². The van der Waals surface area contributed by atoms with Crippen LogP contribution in [-0.4, -0.2) is 15.0 Å². The van der Waals surface area contributed by atoms with Crippen molar-refractivity contribution in [3.05, 3.63) is 35.9 Å². The number of benzene rings is 1. The lowest BCUT2D eigenvalue weighted by molar-refractivity contribution is 0.604. The van der Waals surface area contributed by atoms with Crippen molar-refractivity contribution in [2.45, 2.75) is 44.8 Å². The zero-order chi connectivity index (χ0) is 14.7. The molecule has 0 aromatic heterocycles. The lowest BCUT2D eigenvalue weighted by Crippen LogP contribution is -2.39. The molecule has 16 heavy (non-hydrogen) atoms. The molecule has 1 rings (SSSR count). The molecule has 2 nitrogen and oxygen atoms in total. The summed E-state index contributed by atoms with van der Waals surface area (Å²) in [5.74, 6) is 0. The molecule has 0 aliphatic carbocycles. The van der Waals surface area contributed by atoms with Gasteiger partial charge in [0.15, 0.2) is 0 Å². The molecule has 3 heteroatoms. The zero-order valence-corrected chi connectivity index (χ0v) is 10.8. The number of nitrogens with one attached hydrogen (secondary N) is 1. The Balaban J connectivity index is 2.83. The maximum Gasteiger partial charge on any atom is 0.0972 e. The fraction of sp³-hybridized carbons (Fsp3) is 0.538. The summed E-state index contributed by atoms with van der Waals surface area (Å²) in [4.78, 5) is 0. The van der Waals surface area contributed by atoms with Crippen LogP contribution in [0.5, 0.6) is 0 Å².